The Labute approximate surface area is 119 Å². The van der Waals surface area contributed by atoms with Gasteiger partial charge in [-0.25, -0.2) is 13.2 Å². The zero-order valence-corrected chi connectivity index (χ0v) is 12.8. The summed E-state index contributed by atoms with van der Waals surface area (Å²) in [6.07, 6.45) is 2.30. The Bertz CT molecular complexity index is 549. The lowest BCUT2D eigenvalue weighted by atomic mass is 10.2. The van der Waals surface area contributed by atoms with Crippen LogP contribution in [0.3, 0.4) is 0 Å². The Balaban J connectivity index is 3.10. The number of sulfonamides is 1. The molecule has 0 bridgehead atoms. The highest BCUT2D eigenvalue weighted by Gasteiger charge is 2.31. The lowest BCUT2D eigenvalue weighted by Gasteiger charge is -2.26. The largest absolute Gasteiger partial charge is 0.475 e. The number of hydrogen-bond acceptors (Lipinski definition) is 4. The summed E-state index contributed by atoms with van der Waals surface area (Å²) < 4.78 is 31.3. The van der Waals surface area contributed by atoms with Gasteiger partial charge >= 0.3 is 5.97 Å². The van der Waals surface area contributed by atoms with Crippen LogP contribution < -0.4 is 0 Å². The molecular weight excluding hydrogens is 282 g/mol. The second kappa shape index (κ2) is 6.90. The van der Waals surface area contributed by atoms with E-state index in [1.807, 2.05) is 20.8 Å². The minimum atomic E-state index is -3.79. The molecule has 0 aromatic carbocycles. The van der Waals surface area contributed by atoms with Gasteiger partial charge in [-0.2, -0.15) is 4.31 Å². The number of hydrogen-bond donors (Lipinski definition) is 1. The van der Waals surface area contributed by atoms with E-state index in [1.165, 1.54) is 10.4 Å². The van der Waals surface area contributed by atoms with Gasteiger partial charge in [-0.05, 0) is 31.9 Å². The number of aromatic carboxylic acids is 1. The van der Waals surface area contributed by atoms with Crippen molar-refractivity contribution in [3.8, 4) is 0 Å². The molecule has 1 N–H and O–H groups in total. The predicted octanol–water partition coefficient (Wildman–Crippen LogP) is 2.57. The van der Waals surface area contributed by atoms with Crippen molar-refractivity contribution in [1.82, 2.24) is 4.31 Å². The van der Waals surface area contributed by atoms with E-state index >= 15 is 0 Å². The first-order chi connectivity index (χ1) is 9.34. The van der Waals surface area contributed by atoms with Crippen LogP contribution in [0.2, 0.25) is 0 Å². The molecule has 7 heteroatoms. The van der Waals surface area contributed by atoms with Gasteiger partial charge in [0, 0.05) is 12.6 Å². The molecule has 1 heterocycles. The third-order valence-corrected chi connectivity index (χ3v) is 5.06. The molecule has 1 atom stereocenters. The molecule has 114 valence electrons. The standard InChI is InChI=1S/C13H21NO5S/c1-4-6-9-14(10(3)5-2)20(17,18)12-8-7-11(19-12)13(15)16/h7-8,10H,4-6,9H2,1-3H3,(H,15,16). The van der Waals surface area contributed by atoms with Gasteiger partial charge < -0.3 is 9.52 Å². The number of furan rings is 1. The molecular formula is C13H21NO5S. The van der Waals surface area contributed by atoms with E-state index in [0.29, 0.717) is 13.0 Å². The van der Waals surface area contributed by atoms with Crippen molar-refractivity contribution in [3.63, 3.8) is 0 Å². The summed E-state index contributed by atoms with van der Waals surface area (Å²) >= 11 is 0. The Kier molecular flexibility index (Phi) is 5.76. The van der Waals surface area contributed by atoms with E-state index in [2.05, 4.69) is 0 Å². The monoisotopic (exact) mass is 303 g/mol. The van der Waals surface area contributed by atoms with E-state index in [4.69, 9.17) is 9.52 Å². The summed E-state index contributed by atoms with van der Waals surface area (Å²) in [5.41, 5.74) is 0. The van der Waals surface area contributed by atoms with Gasteiger partial charge in [-0.1, -0.05) is 20.3 Å². The molecule has 0 aliphatic heterocycles. The van der Waals surface area contributed by atoms with Gasteiger partial charge in [-0.3, -0.25) is 0 Å². The SMILES string of the molecule is CCCCN(C(C)CC)S(=O)(=O)c1ccc(C(=O)O)o1. The van der Waals surface area contributed by atoms with Crippen molar-refractivity contribution in [3.05, 3.63) is 17.9 Å². The zero-order chi connectivity index (χ0) is 15.3. The molecule has 1 rings (SSSR count). The molecule has 1 aromatic rings. The predicted molar refractivity (Wildman–Crippen MR) is 74.2 cm³/mol. The molecule has 20 heavy (non-hydrogen) atoms. The van der Waals surface area contributed by atoms with Crippen molar-refractivity contribution in [2.45, 2.75) is 51.2 Å². The normalized spacial score (nSPS) is 13.6. The van der Waals surface area contributed by atoms with Gasteiger partial charge in [0.15, 0.2) is 0 Å². The van der Waals surface area contributed by atoms with Crippen molar-refractivity contribution in [2.24, 2.45) is 0 Å². The minimum absolute atomic E-state index is 0.162. The molecule has 0 amide bonds. The molecule has 0 aliphatic rings. The number of unbranched alkanes of at least 4 members (excludes halogenated alkanes) is 1. The third-order valence-electron chi connectivity index (χ3n) is 3.17. The number of rotatable bonds is 8. The third kappa shape index (κ3) is 3.61. The van der Waals surface area contributed by atoms with Gasteiger partial charge in [0.1, 0.15) is 0 Å². The first kappa shape index (κ1) is 16.7. The summed E-state index contributed by atoms with van der Waals surface area (Å²) in [5.74, 6) is -1.65. The van der Waals surface area contributed by atoms with Gasteiger partial charge in [0.2, 0.25) is 10.9 Å². The number of carboxylic acids is 1. The second-order valence-electron chi connectivity index (χ2n) is 4.65. The Hall–Kier alpha value is -1.34. The van der Waals surface area contributed by atoms with Crippen LogP contribution in [0, 0.1) is 0 Å². The van der Waals surface area contributed by atoms with Gasteiger partial charge in [0.05, 0.1) is 0 Å². The molecule has 1 unspecified atom stereocenters. The summed E-state index contributed by atoms with van der Waals surface area (Å²) in [5, 5.41) is 8.48. The smallest absolute Gasteiger partial charge is 0.371 e. The fourth-order valence-electron chi connectivity index (χ4n) is 1.78. The number of nitrogens with zero attached hydrogens (tertiary/aromatic N) is 1. The summed E-state index contributed by atoms with van der Waals surface area (Å²) in [6.45, 7) is 6.12. The lowest BCUT2D eigenvalue weighted by molar-refractivity contribution is 0.0656. The van der Waals surface area contributed by atoms with Crippen LogP contribution in [0.5, 0.6) is 0 Å². The number of carbonyl (C=O) groups is 1. The van der Waals surface area contributed by atoms with Crippen LogP contribution >= 0.6 is 0 Å². The zero-order valence-electron chi connectivity index (χ0n) is 12.0. The molecule has 0 spiro atoms. The molecule has 6 nitrogen and oxygen atoms in total. The minimum Gasteiger partial charge on any atom is -0.475 e. The summed E-state index contributed by atoms with van der Waals surface area (Å²) in [6, 6.07) is 2.19. The van der Waals surface area contributed by atoms with E-state index in [1.54, 1.807) is 0 Å². The van der Waals surface area contributed by atoms with Gasteiger partial charge in [-0.15, -0.1) is 0 Å². The second-order valence-corrected chi connectivity index (χ2v) is 6.47. The highest BCUT2D eigenvalue weighted by atomic mass is 32.2. The van der Waals surface area contributed by atoms with Gasteiger partial charge in [0.25, 0.3) is 10.0 Å². The molecule has 0 aliphatic carbocycles. The Morgan fingerprint density at radius 3 is 2.50 bits per heavy atom. The fraction of sp³-hybridized carbons (Fsp3) is 0.615. The van der Waals surface area contributed by atoms with Crippen LogP contribution in [0.15, 0.2) is 21.6 Å². The summed E-state index contributed by atoms with van der Waals surface area (Å²) in [4.78, 5) is 10.8. The Morgan fingerprint density at radius 2 is 2.05 bits per heavy atom. The van der Waals surface area contributed by atoms with Crippen LogP contribution in [-0.4, -0.2) is 36.4 Å². The highest BCUT2D eigenvalue weighted by molar-refractivity contribution is 7.89. The first-order valence-electron chi connectivity index (χ1n) is 6.69. The van der Waals surface area contributed by atoms with E-state index in [9.17, 15) is 13.2 Å². The van der Waals surface area contributed by atoms with Crippen LogP contribution in [0.1, 0.15) is 50.6 Å². The van der Waals surface area contributed by atoms with E-state index in [-0.39, 0.29) is 16.9 Å². The first-order valence-corrected chi connectivity index (χ1v) is 8.13. The summed E-state index contributed by atoms with van der Waals surface area (Å²) in [7, 11) is -3.79. The topological polar surface area (TPSA) is 87.8 Å². The molecule has 0 radical (unpaired) electrons. The molecule has 0 fully saturated rings. The lowest BCUT2D eigenvalue weighted by Crippen LogP contribution is -2.38. The van der Waals surface area contributed by atoms with Crippen molar-refractivity contribution in [1.29, 1.82) is 0 Å². The average molecular weight is 303 g/mol. The van der Waals surface area contributed by atoms with Crippen molar-refractivity contribution in [2.75, 3.05) is 6.54 Å². The fourth-order valence-corrected chi connectivity index (χ4v) is 3.44. The quantitative estimate of drug-likeness (QED) is 0.797. The maximum atomic E-state index is 12.5. The van der Waals surface area contributed by atoms with E-state index < -0.39 is 16.0 Å². The maximum Gasteiger partial charge on any atom is 0.371 e. The average Bonchev–Trinajstić information content (AvgIpc) is 2.89. The maximum absolute atomic E-state index is 12.5. The van der Waals surface area contributed by atoms with Crippen molar-refractivity contribution < 1.29 is 22.7 Å². The molecule has 0 saturated carbocycles. The van der Waals surface area contributed by atoms with Crippen LogP contribution in [0.25, 0.3) is 0 Å². The number of carboxylic acid groups (broad SMARTS) is 1. The van der Waals surface area contributed by atoms with Crippen molar-refractivity contribution >= 4 is 16.0 Å². The van der Waals surface area contributed by atoms with E-state index in [0.717, 1.165) is 18.9 Å². The highest BCUT2D eigenvalue weighted by Crippen LogP contribution is 2.22. The van der Waals surface area contributed by atoms with Crippen LogP contribution in [-0.2, 0) is 10.0 Å². The van der Waals surface area contributed by atoms with Crippen LogP contribution in [0.4, 0.5) is 0 Å². The molecule has 1 aromatic heterocycles. The Morgan fingerprint density at radius 1 is 1.40 bits per heavy atom. The molecule has 0 saturated heterocycles.